The summed E-state index contributed by atoms with van der Waals surface area (Å²) in [5, 5.41) is 2.66. The summed E-state index contributed by atoms with van der Waals surface area (Å²) in [6.07, 6.45) is 4.51. The van der Waals surface area contributed by atoms with Crippen LogP contribution in [-0.2, 0) is 10.0 Å². The Bertz CT molecular complexity index is 1150. The van der Waals surface area contributed by atoms with Crippen molar-refractivity contribution in [2.24, 2.45) is 0 Å². The first-order valence-corrected chi connectivity index (χ1v) is 10.8. The van der Waals surface area contributed by atoms with Gasteiger partial charge >= 0.3 is 0 Å². The SMILES string of the molecule is CN(C)CCNS(=O)(=O)c1ccc(-c2cnc(N)c(C(=O)Nc3cccnc3)n2)cc1. The van der Waals surface area contributed by atoms with Crippen LogP contribution in [0, 0.1) is 0 Å². The average Bonchev–Trinajstić information content (AvgIpc) is 2.74. The molecule has 10 nitrogen and oxygen atoms in total. The second-order valence-corrected chi connectivity index (χ2v) is 8.68. The molecule has 4 N–H and O–H groups in total. The van der Waals surface area contributed by atoms with E-state index in [1.807, 2.05) is 19.0 Å². The molecule has 0 atom stereocenters. The molecule has 0 saturated carbocycles. The highest BCUT2D eigenvalue weighted by atomic mass is 32.2. The maximum atomic E-state index is 12.5. The molecular formula is C20H23N7O3S. The lowest BCUT2D eigenvalue weighted by Crippen LogP contribution is -2.31. The van der Waals surface area contributed by atoms with Gasteiger partial charge in [0.2, 0.25) is 10.0 Å². The molecule has 0 bridgehead atoms. The fourth-order valence-electron chi connectivity index (χ4n) is 2.62. The Morgan fingerprint density at radius 1 is 1.13 bits per heavy atom. The molecule has 2 aromatic heterocycles. The van der Waals surface area contributed by atoms with Crippen molar-refractivity contribution in [3.63, 3.8) is 0 Å². The number of hydrogen-bond acceptors (Lipinski definition) is 8. The number of pyridine rings is 1. The Hall–Kier alpha value is -3.41. The third kappa shape index (κ3) is 5.81. The van der Waals surface area contributed by atoms with Gasteiger partial charge in [0.15, 0.2) is 11.5 Å². The van der Waals surface area contributed by atoms with Crippen molar-refractivity contribution < 1.29 is 13.2 Å². The minimum Gasteiger partial charge on any atom is -0.382 e. The average molecular weight is 442 g/mol. The number of carbonyl (C=O) groups is 1. The topological polar surface area (TPSA) is 143 Å². The maximum absolute atomic E-state index is 12.5. The van der Waals surface area contributed by atoms with Crippen molar-refractivity contribution in [1.29, 1.82) is 0 Å². The van der Waals surface area contributed by atoms with Gasteiger partial charge in [-0.15, -0.1) is 0 Å². The molecule has 162 valence electrons. The first-order valence-electron chi connectivity index (χ1n) is 9.35. The molecule has 1 amide bonds. The van der Waals surface area contributed by atoms with Gasteiger partial charge in [-0.2, -0.15) is 0 Å². The molecule has 0 saturated heterocycles. The first-order chi connectivity index (χ1) is 14.8. The highest BCUT2D eigenvalue weighted by Gasteiger charge is 2.17. The lowest BCUT2D eigenvalue weighted by Gasteiger charge is -2.11. The number of hydrogen-bond donors (Lipinski definition) is 3. The zero-order valence-electron chi connectivity index (χ0n) is 17.1. The molecule has 2 heterocycles. The molecular weight excluding hydrogens is 418 g/mol. The van der Waals surface area contributed by atoms with Crippen LogP contribution in [0.1, 0.15) is 10.5 Å². The van der Waals surface area contributed by atoms with Gasteiger partial charge in [0, 0.05) is 24.8 Å². The number of nitrogens with two attached hydrogens (primary N) is 1. The van der Waals surface area contributed by atoms with Gasteiger partial charge in [0.05, 0.1) is 28.7 Å². The highest BCUT2D eigenvalue weighted by Crippen LogP contribution is 2.21. The van der Waals surface area contributed by atoms with Crippen molar-refractivity contribution in [2.75, 3.05) is 38.2 Å². The number of likely N-dealkylation sites (N-methyl/N-ethyl adjacent to an activating group) is 1. The second kappa shape index (κ2) is 9.60. The summed E-state index contributed by atoms with van der Waals surface area (Å²) in [6, 6.07) is 9.52. The van der Waals surface area contributed by atoms with Gasteiger partial charge in [-0.3, -0.25) is 9.78 Å². The maximum Gasteiger partial charge on any atom is 0.278 e. The molecule has 0 fully saturated rings. The van der Waals surface area contributed by atoms with Crippen molar-refractivity contribution in [2.45, 2.75) is 4.90 Å². The number of nitrogen functional groups attached to an aromatic ring is 1. The molecule has 1 aromatic carbocycles. The lowest BCUT2D eigenvalue weighted by atomic mass is 10.1. The third-order valence-electron chi connectivity index (χ3n) is 4.25. The van der Waals surface area contributed by atoms with Crippen LogP contribution in [0.3, 0.4) is 0 Å². The van der Waals surface area contributed by atoms with E-state index >= 15 is 0 Å². The van der Waals surface area contributed by atoms with Crippen LogP contribution in [0.2, 0.25) is 0 Å². The summed E-state index contributed by atoms with van der Waals surface area (Å²) in [5.41, 5.74) is 7.26. The van der Waals surface area contributed by atoms with Gasteiger partial charge in [0.1, 0.15) is 0 Å². The van der Waals surface area contributed by atoms with Gasteiger partial charge in [0.25, 0.3) is 5.91 Å². The lowest BCUT2D eigenvalue weighted by molar-refractivity contribution is 0.102. The number of anilines is 2. The zero-order valence-corrected chi connectivity index (χ0v) is 17.9. The Morgan fingerprint density at radius 2 is 1.87 bits per heavy atom. The van der Waals surface area contributed by atoms with E-state index in [1.54, 1.807) is 30.5 Å². The first kappa shape index (κ1) is 22.3. The minimum atomic E-state index is -3.62. The quantitative estimate of drug-likeness (QED) is 0.473. The molecule has 0 aliphatic carbocycles. The molecule has 0 radical (unpaired) electrons. The third-order valence-corrected chi connectivity index (χ3v) is 5.72. The number of nitrogens with zero attached hydrogens (tertiary/aromatic N) is 4. The van der Waals surface area contributed by atoms with Crippen LogP contribution < -0.4 is 15.8 Å². The summed E-state index contributed by atoms with van der Waals surface area (Å²) in [6.45, 7) is 0.887. The Morgan fingerprint density at radius 3 is 2.52 bits per heavy atom. The minimum absolute atomic E-state index is 0.0190. The van der Waals surface area contributed by atoms with E-state index in [-0.39, 0.29) is 16.4 Å². The summed E-state index contributed by atoms with van der Waals surface area (Å²) in [7, 11) is 0.106. The summed E-state index contributed by atoms with van der Waals surface area (Å²) >= 11 is 0. The van der Waals surface area contributed by atoms with E-state index in [0.717, 1.165) is 0 Å². The monoisotopic (exact) mass is 441 g/mol. The van der Waals surface area contributed by atoms with Crippen molar-refractivity contribution >= 4 is 27.4 Å². The van der Waals surface area contributed by atoms with Crippen LogP contribution in [0.25, 0.3) is 11.3 Å². The van der Waals surface area contributed by atoms with Crippen molar-refractivity contribution in [1.82, 2.24) is 24.6 Å². The van der Waals surface area contributed by atoms with Crippen LogP contribution in [0.5, 0.6) is 0 Å². The number of amides is 1. The number of nitrogens with one attached hydrogen (secondary N) is 2. The summed E-state index contributed by atoms with van der Waals surface area (Å²) < 4.78 is 27.3. The number of carbonyl (C=O) groups excluding carboxylic acids is 1. The number of sulfonamides is 1. The largest absolute Gasteiger partial charge is 0.382 e. The van der Waals surface area contributed by atoms with Crippen molar-refractivity contribution in [3.8, 4) is 11.3 Å². The van der Waals surface area contributed by atoms with Crippen LogP contribution in [0.15, 0.2) is 59.9 Å². The fraction of sp³-hybridized carbons (Fsp3) is 0.200. The normalized spacial score (nSPS) is 11.5. The zero-order chi connectivity index (χ0) is 22.4. The predicted molar refractivity (Wildman–Crippen MR) is 118 cm³/mol. The molecule has 3 rings (SSSR count). The van der Waals surface area contributed by atoms with Crippen molar-refractivity contribution in [3.05, 3.63) is 60.7 Å². The molecule has 0 aliphatic rings. The Kier molecular flexibility index (Phi) is 6.90. The van der Waals surface area contributed by atoms with E-state index in [2.05, 4.69) is 25.0 Å². The number of benzene rings is 1. The molecule has 0 unspecified atom stereocenters. The molecule has 11 heteroatoms. The van der Waals surface area contributed by atoms with E-state index in [4.69, 9.17) is 5.73 Å². The standard InChI is InChI=1S/C20H23N7O3S/c1-27(2)11-10-24-31(29,30)16-7-5-14(6-8-16)17-13-23-19(21)18(26-17)20(28)25-15-4-3-9-22-12-15/h3-9,12-13,24H,10-11H2,1-2H3,(H2,21,23)(H,25,28). The van der Waals surface area contributed by atoms with Gasteiger partial charge < -0.3 is 16.0 Å². The Balaban J connectivity index is 1.79. The Labute approximate surface area is 180 Å². The van der Waals surface area contributed by atoms with Crippen LogP contribution >= 0.6 is 0 Å². The summed E-state index contributed by atoms with van der Waals surface area (Å²) in [4.78, 5) is 26.8. The van der Waals surface area contributed by atoms with Gasteiger partial charge in [-0.05, 0) is 38.4 Å². The van der Waals surface area contributed by atoms with E-state index < -0.39 is 15.9 Å². The molecule has 31 heavy (non-hydrogen) atoms. The van der Waals surface area contributed by atoms with E-state index in [9.17, 15) is 13.2 Å². The fourth-order valence-corrected chi connectivity index (χ4v) is 3.64. The molecule has 0 aliphatic heterocycles. The van der Waals surface area contributed by atoms with Crippen LogP contribution in [0.4, 0.5) is 11.5 Å². The highest BCUT2D eigenvalue weighted by molar-refractivity contribution is 7.89. The van der Waals surface area contributed by atoms with Gasteiger partial charge in [-0.25, -0.2) is 23.1 Å². The van der Waals surface area contributed by atoms with E-state index in [1.165, 1.54) is 24.5 Å². The smallest absolute Gasteiger partial charge is 0.278 e. The predicted octanol–water partition coefficient (Wildman–Crippen LogP) is 1.21. The van der Waals surface area contributed by atoms with Crippen LogP contribution in [-0.4, -0.2) is 61.4 Å². The number of rotatable bonds is 8. The van der Waals surface area contributed by atoms with E-state index in [0.29, 0.717) is 30.0 Å². The van der Waals surface area contributed by atoms with Gasteiger partial charge in [-0.1, -0.05) is 12.1 Å². The number of aromatic nitrogens is 3. The molecule has 0 spiro atoms. The molecule has 3 aromatic rings. The summed E-state index contributed by atoms with van der Waals surface area (Å²) in [5.74, 6) is -0.543. The second-order valence-electron chi connectivity index (χ2n) is 6.91.